The van der Waals surface area contributed by atoms with E-state index in [4.69, 9.17) is 9.84 Å². The summed E-state index contributed by atoms with van der Waals surface area (Å²) in [6, 6.07) is 10.6. The molecule has 0 aliphatic heterocycles. The minimum absolute atomic E-state index is 0.00795. The van der Waals surface area contributed by atoms with Crippen LogP contribution in [0.2, 0.25) is 0 Å². The van der Waals surface area contributed by atoms with Gasteiger partial charge in [0.15, 0.2) is 0 Å². The van der Waals surface area contributed by atoms with Crippen LogP contribution >= 0.6 is 0 Å². The van der Waals surface area contributed by atoms with E-state index in [1.165, 1.54) is 36.5 Å². The molecule has 0 heterocycles. The smallest absolute Gasteiger partial charge is 0.271 e. The van der Waals surface area contributed by atoms with Crippen molar-refractivity contribution in [1.82, 2.24) is 5.43 Å². The quantitative estimate of drug-likeness (QED) is 0.583. The highest BCUT2D eigenvalue weighted by atomic mass is 16.5. The number of nitrogens with one attached hydrogen (secondary N) is 1. The van der Waals surface area contributed by atoms with Crippen LogP contribution in [0, 0.1) is 0 Å². The number of hydrogen-bond donors (Lipinski definition) is 3. The Balaban J connectivity index is 2.00. The molecular formula is C16H16N2O4. The maximum atomic E-state index is 11.8. The second-order valence-corrected chi connectivity index (χ2v) is 4.40. The Bertz CT molecular complexity index is 681. The van der Waals surface area contributed by atoms with Gasteiger partial charge >= 0.3 is 0 Å². The molecule has 2 rings (SSSR count). The van der Waals surface area contributed by atoms with Gasteiger partial charge < -0.3 is 14.9 Å². The van der Waals surface area contributed by atoms with Gasteiger partial charge in [0.25, 0.3) is 5.91 Å². The molecule has 0 radical (unpaired) electrons. The number of phenolic OH excluding ortho intramolecular Hbond substituents is 2. The van der Waals surface area contributed by atoms with Crippen molar-refractivity contribution >= 4 is 12.1 Å². The van der Waals surface area contributed by atoms with Crippen LogP contribution in [-0.4, -0.2) is 28.9 Å². The summed E-state index contributed by atoms with van der Waals surface area (Å²) in [6.07, 6.45) is 1.34. The number of amides is 1. The number of benzene rings is 2. The fraction of sp³-hybridized carbons (Fsp3) is 0.125. The van der Waals surface area contributed by atoms with Gasteiger partial charge in [-0.3, -0.25) is 4.79 Å². The average molecular weight is 300 g/mol. The normalized spacial score (nSPS) is 10.6. The molecule has 0 fully saturated rings. The summed E-state index contributed by atoms with van der Waals surface area (Å²) in [5.74, 6) is 0.236. The van der Waals surface area contributed by atoms with Crippen LogP contribution < -0.4 is 10.2 Å². The molecule has 0 aromatic heterocycles. The van der Waals surface area contributed by atoms with Crippen molar-refractivity contribution in [3.05, 3.63) is 53.6 Å². The highest BCUT2D eigenvalue weighted by molar-refractivity contribution is 5.95. The lowest BCUT2D eigenvalue weighted by Gasteiger charge is -2.05. The van der Waals surface area contributed by atoms with E-state index in [0.29, 0.717) is 23.5 Å². The average Bonchev–Trinajstić information content (AvgIpc) is 2.50. The fourth-order valence-electron chi connectivity index (χ4n) is 1.73. The Kier molecular flexibility index (Phi) is 4.98. The highest BCUT2D eigenvalue weighted by Gasteiger charge is 2.04. The van der Waals surface area contributed by atoms with Crippen molar-refractivity contribution in [3.63, 3.8) is 0 Å². The van der Waals surface area contributed by atoms with Crippen LogP contribution in [-0.2, 0) is 0 Å². The Labute approximate surface area is 127 Å². The predicted octanol–water partition coefficient (Wildman–Crippen LogP) is 2.26. The van der Waals surface area contributed by atoms with E-state index in [1.54, 1.807) is 12.1 Å². The lowest BCUT2D eigenvalue weighted by molar-refractivity contribution is 0.0955. The SMILES string of the molecule is CCOc1ccc(/C=N/NC(=O)c2ccc(O)cc2)c(O)c1. The lowest BCUT2D eigenvalue weighted by Crippen LogP contribution is -2.17. The number of hydrazone groups is 1. The van der Waals surface area contributed by atoms with Crippen molar-refractivity contribution in [2.45, 2.75) is 6.92 Å². The second-order valence-electron chi connectivity index (χ2n) is 4.40. The van der Waals surface area contributed by atoms with Gasteiger partial charge in [-0.25, -0.2) is 5.43 Å². The van der Waals surface area contributed by atoms with Crippen molar-refractivity contribution in [2.24, 2.45) is 5.10 Å². The molecule has 0 aliphatic carbocycles. The van der Waals surface area contributed by atoms with Gasteiger partial charge in [-0.05, 0) is 43.3 Å². The molecule has 0 bridgehead atoms. The van der Waals surface area contributed by atoms with Crippen LogP contribution in [0.4, 0.5) is 0 Å². The fourth-order valence-corrected chi connectivity index (χ4v) is 1.73. The van der Waals surface area contributed by atoms with E-state index in [0.717, 1.165) is 0 Å². The van der Waals surface area contributed by atoms with Crippen molar-refractivity contribution < 1.29 is 19.7 Å². The summed E-state index contributed by atoms with van der Waals surface area (Å²) in [6.45, 7) is 2.36. The molecule has 1 amide bonds. The summed E-state index contributed by atoms with van der Waals surface area (Å²) in [5.41, 5.74) is 3.16. The number of ether oxygens (including phenoxy) is 1. The maximum Gasteiger partial charge on any atom is 0.271 e. The van der Waals surface area contributed by atoms with Gasteiger partial charge in [0.05, 0.1) is 12.8 Å². The predicted molar refractivity (Wildman–Crippen MR) is 82.4 cm³/mol. The number of hydrogen-bond acceptors (Lipinski definition) is 5. The summed E-state index contributed by atoms with van der Waals surface area (Å²) < 4.78 is 5.26. The molecule has 0 saturated heterocycles. The standard InChI is InChI=1S/C16H16N2O4/c1-2-22-14-8-5-12(15(20)9-14)10-17-18-16(21)11-3-6-13(19)7-4-11/h3-10,19-20H,2H2,1H3,(H,18,21)/b17-10+. The number of aromatic hydroxyl groups is 2. The van der Waals surface area contributed by atoms with E-state index in [1.807, 2.05) is 6.92 Å². The van der Waals surface area contributed by atoms with E-state index >= 15 is 0 Å². The number of rotatable bonds is 5. The monoisotopic (exact) mass is 300 g/mol. The van der Waals surface area contributed by atoms with Crippen LogP contribution in [0.15, 0.2) is 47.6 Å². The summed E-state index contributed by atoms with van der Waals surface area (Å²) in [7, 11) is 0. The second kappa shape index (κ2) is 7.12. The molecule has 6 heteroatoms. The van der Waals surface area contributed by atoms with Crippen molar-refractivity contribution in [3.8, 4) is 17.2 Å². The van der Waals surface area contributed by atoms with Gasteiger partial charge in [0, 0.05) is 17.2 Å². The van der Waals surface area contributed by atoms with Gasteiger partial charge in [0.1, 0.15) is 17.2 Å². The molecule has 0 aliphatic rings. The Morgan fingerprint density at radius 1 is 1.23 bits per heavy atom. The summed E-state index contributed by atoms with van der Waals surface area (Å²) >= 11 is 0. The van der Waals surface area contributed by atoms with E-state index in [2.05, 4.69) is 10.5 Å². The third-order valence-electron chi connectivity index (χ3n) is 2.81. The third-order valence-corrected chi connectivity index (χ3v) is 2.81. The van der Waals surface area contributed by atoms with E-state index in [-0.39, 0.29) is 11.5 Å². The Morgan fingerprint density at radius 2 is 1.95 bits per heavy atom. The Hall–Kier alpha value is -3.02. The summed E-state index contributed by atoms with van der Waals surface area (Å²) in [5, 5.41) is 22.8. The van der Waals surface area contributed by atoms with Gasteiger partial charge in [0.2, 0.25) is 0 Å². The zero-order chi connectivity index (χ0) is 15.9. The molecular weight excluding hydrogens is 284 g/mol. The first kappa shape index (κ1) is 15.4. The van der Waals surface area contributed by atoms with E-state index in [9.17, 15) is 9.90 Å². The van der Waals surface area contributed by atoms with E-state index < -0.39 is 5.91 Å². The van der Waals surface area contributed by atoms with Gasteiger partial charge in [-0.1, -0.05) is 0 Å². The lowest BCUT2D eigenvalue weighted by atomic mass is 10.2. The molecule has 0 unspecified atom stereocenters. The molecule has 3 N–H and O–H groups in total. The molecule has 0 saturated carbocycles. The highest BCUT2D eigenvalue weighted by Crippen LogP contribution is 2.22. The molecule has 0 spiro atoms. The molecule has 22 heavy (non-hydrogen) atoms. The zero-order valence-electron chi connectivity index (χ0n) is 12.0. The Morgan fingerprint density at radius 3 is 2.59 bits per heavy atom. The van der Waals surface area contributed by atoms with Crippen molar-refractivity contribution in [1.29, 1.82) is 0 Å². The van der Waals surface area contributed by atoms with Crippen LogP contribution in [0.25, 0.3) is 0 Å². The zero-order valence-corrected chi connectivity index (χ0v) is 12.0. The minimum Gasteiger partial charge on any atom is -0.508 e. The molecule has 2 aromatic carbocycles. The molecule has 2 aromatic rings. The number of nitrogens with zero attached hydrogens (tertiary/aromatic N) is 1. The molecule has 0 atom stereocenters. The number of carbonyl (C=O) groups is 1. The van der Waals surface area contributed by atoms with Gasteiger partial charge in [-0.2, -0.15) is 5.10 Å². The number of carbonyl (C=O) groups excluding carboxylic acids is 1. The maximum absolute atomic E-state index is 11.8. The van der Waals surface area contributed by atoms with Crippen LogP contribution in [0.3, 0.4) is 0 Å². The minimum atomic E-state index is -0.415. The largest absolute Gasteiger partial charge is 0.508 e. The first-order valence-electron chi connectivity index (χ1n) is 6.68. The van der Waals surface area contributed by atoms with Gasteiger partial charge in [-0.15, -0.1) is 0 Å². The first-order chi connectivity index (χ1) is 10.6. The summed E-state index contributed by atoms with van der Waals surface area (Å²) in [4.78, 5) is 11.8. The topological polar surface area (TPSA) is 91.2 Å². The van der Waals surface area contributed by atoms with Crippen molar-refractivity contribution in [2.75, 3.05) is 6.61 Å². The third kappa shape index (κ3) is 3.99. The van der Waals surface area contributed by atoms with Crippen LogP contribution in [0.1, 0.15) is 22.8 Å². The molecule has 114 valence electrons. The molecule has 6 nitrogen and oxygen atoms in total. The number of phenols is 2. The van der Waals surface area contributed by atoms with Crippen LogP contribution in [0.5, 0.6) is 17.2 Å². The first-order valence-corrected chi connectivity index (χ1v) is 6.68.